The van der Waals surface area contributed by atoms with Crippen molar-refractivity contribution in [1.82, 2.24) is 31.2 Å². The molecule has 3 aliphatic heterocycles. The summed E-state index contributed by atoms with van der Waals surface area (Å²) in [6.45, 7) is 1.84. The zero-order valence-electron chi connectivity index (χ0n) is 23.0. The average Bonchev–Trinajstić information content (AvgIpc) is 3.70. The highest BCUT2D eigenvalue weighted by atomic mass is 32.2. The number of carbonyl (C=O) groups is 4. The molecular formula is C28H42N6O5S. The summed E-state index contributed by atoms with van der Waals surface area (Å²) >= 11 is 1.89. The number of nitrogens with zero attached hydrogens (tertiary/aromatic N) is 2. The molecule has 5 atom stereocenters. The first kappa shape index (κ1) is 30.1. The maximum absolute atomic E-state index is 13.1. The molecule has 0 bridgehead atoms. The molecule has 4 heterocycles. The molecule has 4 rings (SSSR count). The molecule has 5 N–H and O–H groups in total. The molecule has 40 heavy (non-hydrogen) atoms. The van der Waals surface area contributed by atoms with Crippen LogP contribution in [0.25, 0.3) is 0 Å². The Labute approximate surface area is 240 Å². The number of aromatic nitrogens is 1. The van der Waals surface area contributed by atoms with Crippen molar-refractivity contribution in [2.75, 3.05) is 25.4 Å². The van der Waals surface area contributed by atoms with Gasteiger partial charge >= 0.3 is 6.03 Å². The van der Waals surface area contributed by atoms with Crippen LogP contribution in [0.1, 0.15) is 75.9 Å². The third kappa shape index (κ3) is 8.57. The summed E-state index contributed by atoms with van der Waals surface area (Å²) < 4.78 is 0. The van der Waals surface area contributed by atoms with Gasteiger partial charge in [0.2, 0.25) is 17.7 Å². The lowest BCUT2D eigenvalue weighted by molar-refractivity contribution is -0.139. The Morgan fingerprint density at radius 3 is 2.52 bits per heavy atom. The van der Waals surface area contributed by atoms with E-state index in [1.807, 2.05) is 11.8 Å². The number of amides is 5. The van der Waals surface area contributed by atoms with E-state index in [-0.39, 0.29) is 42.3 Å². The van der Waals surface area contributed by atoms with Gasteiger partial charge in [-0.1, -0.05) is 12.8 Å². The average molecular weight is 575 g/mol. The van der Waals surface area contributed by atoms with E-state index >= 15 is 0 Å². The summed E-state index contributed by atoms with van der Waals surface area (Å²) in [6, 6.07) is 2.62. The van der Waals surface area contributed by atoms with Gasteiger partial charge in [-0.3, -0.25) is 19.4 Å². The van der Waals surface area contributed by atoms with Crippen molar-refractivity contribution in [3.63, 3.8) is 0 Å². The van der Waals surface area contributed by atoms with Gasteiger partial charge in [0.05, 0.1) is 12.1 Å². The van der Waals surface area contributed by atoms with Crippen LogP contribution >= 0.6 is 11.8 Å². The first-order valence-electron chi connectivity index (χ1n) is 14.5. The van der Waals surface area contributed by atoms with Crippen molar-refractivity contribution in [3.05, 3.63) is 30.1 Å². The highest BCUT2D eigenvalue weighted by molar-refractivity contribution is 8.00. The second kappa shape index (κ2) is 15.2. The van der Waals surface area contributed by atoms with Crippen molar-refractivity contribution in [2.24, 2.45) is 0 Å². The fraction of sp³-hybridized carbons (Fsp3) is 0.679. The Hall–Kier alpha value is -2.86. The van der Waals surface area contributed by atoms with Gasteiger partial charge in [0.15, 0.2) is 0 Å². The summed E-state index contributed by atoms with van der Waals surface area (Å²) in [5.74, 6) is 0.459. The quantitative estimate of drug-likeness (QED) is 0.158. The number of hydrogen-bond donors (Lipinski definition) is 5. The summed E-state index contributed by atoms with van der Waals surface area (Å²) in [4.78, 5) is 55.0. The summed E-state index contributed by atoms with van der Waals surface area (Å²) in [5.41, 5.74) is 0.536. The molecule has 1 aromatic rings. The van der Waals surface area contributed by atoms with Crippen LogP contribution < -0.4 is 21.3 Å². The maximum Gasteiger partial charge on any atom is 0.315 e. The molecule has 5 amide bonds. The lowest BCUT2D eigenvalue weighted by atomic mass is 10.0. The standard InChI is InChI=1S/C28H42N6O5S/c35-22(9-4-3-8-21-24-20(18-40-21)31-28(39)33-24)30-13-5-1-2-10-23(36)32-25(27(38)34-16-6-7-17-34)26(37)19-11-14-29-15-12-19/h11-12,14-15,20-21,24-26,37H,1-10,13,16-18H2,(H,30,35)(H,32,36)(H2,31,33,39)/t20-,21-,24-,25+,26-/m0/s1. The van der Waals surface area contributed by atoms with E-state index in [4.69, 9.17) is 0 Å². The molecule has 3 saturated heterocycles. The summed E-state index contributed by atoms with van der Waals surface area (Å²) in [6.07, 6.45) is 9.48. The molecule has 11 nitrogen and oxygen atoms in total. The number of fused-ring (bicyclic) bond motifs is 1. The second-order valence-electron chi connectivity index (χ2n) is 10.8. The third-order valence-electron chi connectivity index (χ3n) is 7.85. The van der Waals surface area contributed by atoms with Gasteiger partial charge in [-0.25, -0.2) is 4.79 Å². The number of carbonyl (C=O) groups excluding carboxylic acids is 4. The summed E-state index contributed by atoms with van der Waals surface area (Å²) in [5, 5.41) is 23.0. The van der Waals surface area contributed by atoms with Crippen LogP contribution in [-0.2, 0) is 14.4 Å². The number of pyridine rings is 1. The van der Waals surface area contributed by atoms with Crippen LogP contribution in [0, 0.1) is 0 Å². The van der Waals surface area contributed by atoms with Gasteiger partial charge in [-0.15, -0.1) is 0 Å². The molecule has 0 saturated carbocycles. The highest BCUT2D eigenvalue weighted by Gasteiger charge is 2.42. The number of rotatable bonds is 15. The fourth-order valence-electron chi connectivity index (χ4n) is 5.59. The predicted octanol–water partition coefficient (Wildman–Crippen LogP) is 1.62. The minimum atomic E-state index is -1.15. The van der Waals surface area contributed by atoms with Crippen LogP contribution in [0.5, 0.6) is 0 Å². The number of hydrogen-bond acceptors (Lipinski definition) is 7. The largest absolute Gasteiger partial charge is 0.386 e. The van der Waals surface area contributed by atoms with Gasteiger partial charge < -0.3 is 31.3 Å². The number of thioether (sulfide) groups is 1. The van der Waals surface area contributed by atoms with E-state index in [9.17, 15) is 24.3 Å². The van der Waals surface area contributed by atoms with E-state index in [1.165, 1.54) is 0 Å². The van der Waals surface area contributed by atoms with Crippen molar-refractivity contribution >= 4 is 35.5 Å². The van der Waals surface area contributed by atoms with Crippen molar-refractivity contribution in [1.29, 1.82) is 0 Å². The van der Waals surface area contributed by atoms with Crippen LogP contribution in [0.15, 0.2) is 24.5 Å². The Morgan fingerprint density at radius 2 is 1.75 bits per heavy atom. The number of urea groups is 1. The van der Waals surface area contributed by atoms with Gasteiger partial charge in [-0.2, -0.15) is 11.8 Å². The number of nitrogens with one attached hydrogen (secondary N) is 4. The third-order valence-corrected chi connectivity index (χ3v) is 9.36. The Bertz CT molecular complexity index is 1010. The summed E-state index contributed by atoms with van der Waals surface area (Å²) in [7, 11) is 0. The smallest absolute Gasteiger partial charge is 0.315 e. The van der Waals surface area contributed by atoms with Gasteiger partial charge in [-0.05, 0) is 56.2 Å². The van der Waals surface area contributed by atoms with Gasteiger partial charge in [0.25, 0.3) is 0 Å². The minimum absolute atomic E-state index is 0.0406. The van der Waals surface area contributed by atoms with Crippen LogP contribution in [0.2, 0.25) is 0 Å². The molecule has 0 aromatic carbocycles. The number of unbranched alkanes of at least 4 members (excludes halogenated alkanes) is 3. The predicted molar refractivity (Wildman–Crippen MR) is 152 cm³/mol. The molecule has 0 unspecified atom stereocenters. The monoisotopic (exact) mass is 574 g/mol. The molecule has 0 spiro atoms. The first-order chi connectivity index (χ1) is 19.4. The van der Waals surface area contributed by atoms with Crippen LogP contribution in [0.4, 0.5) is 4.79 Å². The SMILES string of the molecule is O=C(CCCC[C@@H]1SC[C@@H]2NC(=O)N[C@@H]21)NCCCCCC(=O)N[C@@H](C(=O)N1CCCC1)[C@@H](O)c1ccncc1. The lowest BCUT2D eigenvalue weighted by Gasteiger charge is -2.28. The number of aliphatic hydroxyl groups is 1. The van der Waals surface area contributed by atoms with Crippen LogP contribution in [-0.4, -0.2) is 87.5 Å². The molecule has 3 fully saturated rings. The van der Waals surface area contributed by atoms with E-state index in [0.29, 0.717) is 43.3 Å². The molecule has 0 radical (unpaired) electrons. The number of aliphatic hydroxyl groups excluding tert-OH is 1. The minimum Gasteiger partial charge on any atom is -0.386 e. The van der Waals surface area contributed by atoms with E-state index < -0.39 is 12.1 Å². The normalized spacial score (nSPS) is 23.2. The van der Waals surface area contributed by atoms with E-state index in [1.54, 1.807) is 29.4 Å². The first-order valence-corrected chi connectivity index (χ1v) is 15.6. The van der Waals surface area contributed by atoms with Crippen LogP contribution in [0.3, 0.4) is 0 Å². The highest BCUT2D eigenvalue weighted by Crippen LogP contribution is 2.33. The van der Waals surface area contributed by atoms with Gasteiger partial charge in [0, 0.05) is 55.9 Å². The zero-order valence-corrected chi connectivity index (χ0v) is 23.8. The topological polar surface area (TPSA) is 153 Å². The maximum atomic E-state index is 13.1. The molecule has 12 heteroatoms. The van der Waals surface area contributed by atoms with E-state index in [2.05, 4.69) is 26.3 Å². The molecule has 1 aromatic heterocycles. The Morgan fingerprint density at radius 1 is 1.02 bits per heavy atom. The second-order valence-corrected chi connectivity index (χ2v) is 12.1. The molecule has 3 aliphatic rings. The van der Waals surface area contributed by atoms with E-state index in [0.717, 1.165) is 50.7 Å². The molecular weight excluding hydrogens is 532 g/mol. The van der Waals surface area contributed by atoms with Gasteiger partial charge in [0.1, 0.15) is 12.1 Å². The number of likely N-dealkylation sites (tertiary alicyclic amines) is 1. The van der Waals surface area contributed by atoms with Crippen molar-refractivity contribution in [2.45, 2.75) is 93.7 Å². The molecule has 0 aliphatic carbocycles. The Kier molecular flexibility index (Phi) is 11.5. The Balaban J connectivity index is 1.07. The lowest BCUT2D eigenvalue weighted by Crippen LogP contribution is -2.51. The zero-order chi connectivity index (χ0) is 28.3. The fourth-order valence-corrected chi connectivity index (χ4v) is 7.13. The van der Waals surface area contributed by atoms with Crippen molar-refractivity contribution in [3.8, 4) is 0 Å². The van der Waals surface area contributed by atoms with Crippen molar-refractivity contribution < 1.29 is 24.3 Å². The molecule has 220 valence electrons.